The van der Waals surface area contributed by atoms with Crippen LogP contribution in [0.15, 0.2) is 0 Å². The Morgan fingerprint density at radius 2 is 1.67 bits per heavy atom. The molecule has 1 heterocycles. The summed E-state index contributed by atoms with van der Waals surface area (Å²) in [5, 5.41) is 0. The highest BCUT2D eigenvalue weighted by Crippen LogP contribution is 2.16. The maximum atomic E-state index is 4.37. The molecule has 2 nitrogen and oxygen atoms in total. The third-order valence-corrected chi connectivity index (χ3v) is 2.82. The van der Waals surface area contributed by atoms with Crippen molar-refractivity contribution >= 4 is 12.8 Å². The number of rotatable bonds is 0. The van der Waals surface area contributed by atoms with E-state index >= 15 is 0 Å². The average Bonchev–Trinajstić information content (AvgIpc) is 2.11. The fourth-order valence-electron chi connectivity index (χ4n) is 1.57. The molecule has 0 amide bonds. The number of thiol groups is 1. The highest BCUT2D eigenvalue weighted by molar-refractivity contribution is 7.77. The summed E-state index contributed by atoms with van der Waals surface area (Å²) in [5.74, 6) is 0. The van der Waals surface area contributed by atoms with Gasteiger partial charge < -0.3 is 0 Å². The summed E-state index contributed by atoms with van der Waals surface area (Å²) in [5.41, 5.74) is 0.318. The van der Waals surface area contributed by atoms with Gasteiger partial charge in [-0.05, 0) is 33.7 Å². The van der Waals surface area contributed by atoms with Crippen molar-refractivity contribution in [1.29, 1.82) is 0 Å². The van der Waals surface area contributed by atoms with E-state index in [0.29, 0.717) is 5.54 Å². The van der Waals surface area contributed by atoms with Gasteiger partial charge in [0, 0.05) is 25.2 Å². The van der Waals surface area contributed by atoms with Crippen LogP contribution in [0.2, 0.25) is 0 Å². The van der Waals surface area contributed by atoms with Crippen LogP contribution in [0.25, 0.3) is 0 Å². The van der Waals surface area contributed by atoms with Crippen LogP contribution in [-0.4, -0.2) is 40.9 Å². The van der Waals surface area contributed by atoms with E-state index in [1.165, 1.54) is 13.0 Å². The molecule has 1 saturated heterocycles. The van der Waals surface area contributed by atoms with Crippen LogP contribution >= 0.6 is 12.8 Å². The van der Waals surface area contributed by atoms with Crippen molar-refractivity contribution in [3.8, 4) is 0 Å². The maximum absolute atomic E-state index is 4.37. The summed E-state index contributed by atoms with van der Waals surface area (Å²) in [4.78, 5) is 2.53. The van der Waals surface area contributed by atoms with Crippen molar-refractivity contribution in [3.05, 3.63) is 0 Å². The van der Waals surface area contributed by atoms with Crippen LogP contribution in [0.4, 0.5) is 0 Å². The van der Waals surface area contributed by atoms with E-state index in [9.17, 15) is 0 Å². The first kappa shape index (κ1) is 10.4. The van der Waals surface area contributed by atoms with E-state index in [-0.39, 0.29) is 0 Å². The molecule has 1 rings (SSSR count). The molecule has 0 N–H and O–H groups in total. The van der Waals surface area contributed by atoms with Crippen molar-refractivity contribution in [2.75, 3.05) is 26.2 Å². The molecule has 0 aromatic heterocycles. The van der Waals surface area contributed by atoms with Crippen LogP contribution in [0.3, 0.4) is 0 Å². The summed E-state index contributed by atoms with van der Waals surface area (Å²) in [7, 11) is 0. The number of hydrogen-bond acceptors (Lipinski definition) is 3. The molecule has 0 aliphatic carbocycles. The summed E-state index contributed by atoms with van der Waals surface area (Å²) in [6, 6.07) is 0. The first-order valence-corrected chi connectivity index (χ1v) is 5.09. The van der Waals surface area contributed by atoms with Gasteiger partial charge in [-0.2, -0.15) is 0 Å². The Balaban J connectivity index is 2.46. The molecule has 0 saturated carbocycles. The largest absolute Gasteiger partial charge is 0.297 e. The second kappa shape index (κ2) is 3.99. The molecular formula is C9H20N2S. The van der Waals surface area contributed by atoms with E-state index in [1.807, 2.05) is 0 Å². The predicted molar refractivity (Wildman–Crippen MR) is 56.5 cm³/mol. The molecular weight excluding hydrogens is 168 g/mol. The van der Waals surface area contributed by atoms with Gasteiger partial charge in [0.15, 0.2) is 0 Å². The van der Waals surface area contributed by atoms with Gasteiger partial charge >= 0.3 is 0 Å². The molecule has 1 fully saturated rings. The lowest BCUT2D eigenvalue weighted by Gasteiger charge is -2.34. The van der Waals surface area contributed by atoms with Crippen LogP contribution < -0.4 is 0 Å². The van der Waals surface area contributed by atoms with Crippen LogP contribution in [0.1, 0.15) is 27.2 Å². The summed E-state index contributed by atoms with van der Waals surface area (Å²) in [6.45, 7) is 11.4. The third-order valence-electron chi connectivity index (χ3n) is 2.42. The molecule has 0 atom stereocenters. The lowest BCUT2D eigenvalue weighted by atomic mass is 10.1. The molecule has 0 aromatic carbocycles. The molecule has 0 bridgehead atoms. The summed E-state index contributed by atoms with van der Waals surface area (Å²) < 4.78 is 2.12. The minimum atomic E-state index is 0.318. The van der Waals surface area contributed by atoms with Crippen LogP contribution in [0.5, 0.6) is 0 Å². The van der Waals surface area contributed by atoms with E-state index in [0.717, 1.165) is 19.6 Å². The Morgan fingerprint density at radius 1 is 1.00 bits per heavy atom. The summed E-state index contributed by atoms with van der Waals surface area (Å²) >= 11 is 4.37. The van der Waals surface area contributed by atoms with E-state index in [4.69, 9.17) is 0 Å². The van der Waals surface area contributed by atoms with Gasteiger partial charge in [-0.15, -0.1) is 0 Å². The molecule has 0 spiro atoms. The molecule has 0 radical (unpaired) electrons. The van der Waals surface area contributed by atoms with Crippen molar-refractivity contribution in [2.45, 2.75) is 32.7 Å². The normalized spacial score (nSPS) is 24.0. The second-order valence-corrected chi connectivity index (χ2v) is 5.03. The van der Waals surface area contributed by atoms with E-state index in [2.05, 4.69) is 42.8 Å². The minimum absolute atomic E-state index is 0.318. The zero-order valence-corrected chi connectivity index (χ0v) is 9.27. The quantitative estimate of drug-likeness (QED) is 0.577. The van der Waals surface area contributed by atoms with Gasteiger partial charge in [0.2, 0.25) is 0 Å². The predicted octanol–water partition coefficient (Wildman–Crippen LogP) is 1.64. The molecule has 3 heteroatoms. The minimum Gasteiger partial charge on any atom is -0.297 e. The number of hydrogen-bond donors (Lipinski definition) is 1. The van der Waals surface area contributed by atoms with Crippen molar-refractivity contribution in [2.24, 2.45) is 0 Å². The lowest BCUT2D eigenvalue weighted by molar-refractivity contribution is 0.145. The Kier molecular flexibility index (Phi) is 3.44. The standard InChI is InChI=1S/C9H20N2S/c1-9(2,3)10-5-4-6-11(12)8-7-10/h12H,4-8H2,1-3H3. The monoisotopic (exact) mass is 188 g/mol. The van der Waals surface area contributed by atoms with Crippen LogP contribution in [0, 0.1) is 0 Å². The maximum Gasteiger partial charge on any atom is 0.0215 e. The highest BCUT2D eigenvalue weighted by atomic mass is 32.1. The Labute approximate surface area is 81.5 Å². The van der Waals surface area contributed by atoms with Crippen molar-refractivity contribution < 1.29 is 0 Å². The smallest absolute Gasteiger partial charge is 0.0215 e. The molecule has 1 aliphatic rings. The Hall–Kier alpha value is 0.270. The topological polar surface area (TPSA) is 6.48 Å². The molecule has 0 unspecified atom stereocenters. The van der Waals surface area contributed by atoms with Gasteiger partial charge in [-0.1, -0.05) is 12.8 Å². The van der Waals surface area contributed by atoms with Crippen molar-refractivity contribution in [3.63, 3.8) is 0 Å². The lowest BCUT2D eigenvalue weighted by Crippen LogP contribution is -2.43. The van der Waals surface area contributed by atoms with E-state index < -0.39 is 0 Å². The fraction of sp³-hybridized carbons (Fsp3) is 1.00. The SMILES string of the molecule is CC(C)(C)N1CCCN(S)CC1. The van der Waals surface area contributed by atoms with E-state index in [1.54, 1.807) is 0 Å². The van der Waals surface area contributed by atoms with Crippen molar-refractivity contribution in [1.82, 2.24) is 9.21 Å². The first-order chi connectivity index (χ1) is 5.50. The molecule has 0 aromatic rings. The van der Waals surface area contributed by atoms with Crippen LogP contribution in [-0.2, 0) is 0 Å². The third kappa shape index (κ3) is 2.96. The highest BCUT2D eigenvalue weighted by Gasteiger charge is 2.22. The number of nitrogens with zero attached hydrogens (tertiary/aromatic N) is 2. The summed E-state index contributed by atoms with van der Waals surface area (Å²) in [6.07, 6.45) is 1.24. The molecule has 1 aliphatic heterocycles. The van der Waals surface area contributed by atoms with Gasteiger partial charge in [-0.3, -0.25) is 9.21 Å². The zero-order valence-electron chi connectivity index (χ0n) is 8.38. The van der Waals surface area contributed by atoms with Gasteiger partial charge in [0.25, 0.3) is 0 Å². The molecule has 12 heavy (non-hydrogen) atoms. The average molecular weight is 188 g/mol. The Morgan fingerprint density at radius 3 is 2.25 bits per heavy atom. The first-order valence-electron chi connectivity index (χ1n) is 4.69. The Bertz CT molecular complexity index is 142. The van der Waals surface area contributed by atoms with Gasteiger partial charge in [0.1, 0.15) is 0 Å². The molecule has 72 valence electrons. The fourth-order valence-corrected chi connectivity index (χ4v) is 1.81. The van der Waals surface area contributed by atoms with Gasteiger partial charge in [-0.25, -0.2) is 0 Å². The van der Waals surface area contributed by atoms with Gasteiger partial charge in [0.05, 0.1) is 0 Å². The zero-order chi connectivity index (χ0) is 9.19. The second-order valence-electron chi connectivity index (χ2n) is 4.47.